The third-order valence-electron chi connectivity index (χ3n) is 4.29. The van der Waals surface area contributed by atoms with Gasteiger partial charge in [-0.1, -0.05) is 13.8 Å². The van der Waals surface area contributed by atoms with Crippen LogP contribution in [0, 0.1) is 10.1 Å². The molecule has 0 saturated carbocycles. The SMILES string of the molecule is CCC(N)(CC)CNC(=O)c1cc(=O)[nH]c2ccc([N+](=O)[O-])cc12.Cl. The lowest BCUT2D eigenvalue weighted by Gasteiger charge is -2.26. The van der Waals surface area contributed by atoms with Crippen molar-refractivity contribution < 1.29 is 9.72 Å². The molecule has 0 aliphatic heterocycles. The van der Waals surface area contributed by atoms with Crippen LogP contribution in [0.1, 0.15) is 37.0 Å². The lowest BCUT2D eigenvalue weighted by Crippen LogP contribution is -2.49. The van der Waals surface area contributed by atoms with Crippen LogP contribution in [0.4, 0.5) is 5.69 Å². The van der Waals surface area contributed by atoms with Crippen LogP contribution in [0.25, 0.3) is 10.9 Å². The standard InChI is InChI=1S/C16H20N4O4.ClH/c1-3-16(17,4-2)9-18-15(22)12-8-14(21)19-13-6-5-10(20(23)24)7-11(12)13;/h5-8H,3-4,9,17H2,1-2H3,(H,18,22)(H,19,21);1H. The van der Waals surface area contributed by atoms with E-state index in [1.165, 1.54) is 18.2 Å². The number of hydrogen-bond donors (Lipinski definition) is 3. The highest BCUT2D eigenvalue weighted by Crippen LogP contribution is 2.21. The molecule has 0 saturated heterocycles. The minimum Gasteiger partial charge on any atom is -0.350 e. The summed E-state index contributed by atoms with van der Waals surface area (Å²) in [6, 6.07) is 5.10. The first-order chi connectivity index (χ1) is 11.3. The summed E-state index contributed by atoms with van der Waals surface area (Å²) in [4.78, 5) is 37.2. The molecular formula is C16H21ClN4O4. The number of carbonyl (C=O) groups is 1. The average Bonchev–Trinajstić information content (AvgIpc) is 2.58. The van der Waals surface area contributed by atoms with Crippen LogP contribution in [0.3, 0.4) is 0 Å². The molecule has 4 N–H and O–H groups in total. The first-order valence-corrected chi connectivity index (χ1v) is 7.68. The van der Waals surface area contributed by atoms with Crippen molar-refractivity contribution in [2.24, 2.45) is 5.73 Å². The molecule has 25 heavy (non-hydrogen) atoms. The molecule has 1 aromatic heterocycles. The summed E-state index contributed by atoms with van der Waals surface area (Å²) < 4.78 is 0. The molecule has 9 heteroatoms. The third-order valence-corrected chi connectivity index (χ3v) is 4.29. The van der Waals surface area contributed by atoms with Crippen LogP contribution in [-0.2, 0) is 0 Å². The van der Waals surface area contributed by atoms with Crippen molar-refractivity contribution in [2.75, 3.05) is 6.54 Å². The Balaban J connectivity index is 0.00000312. The molecule has 1 heterocycles. The summed E-state index contributed by atoms with van der Waals surface area (Å²) in [7, 11) is 0. The highest BCUT2D eigenvalue weighted by molar-refractivity contribution is 6.06. The topological polar surface area (TPSA) is 131 Å². The van der Waals surface area contributed by atoms with Gasteiger partial charge in [0.2, 0.25) is 5.56 Å². The van der Waals surface area contributed by atoms with Gasteiger partial charge in [0.25, 0.3) is 11.6 Å². The summed E-state index contributed by atoms with van der Waals surface area (Å²) in [5.41, 5.74) is 5.48. The van der Waals surface area contributed by atoms with Crippen LogP contribution in [0.5, 0.6) is 0 Å². The number of nitrogens with two attached hydrogens (primary N) is 1. The van der Waals surface area contributed by atoms with Gasteiger partial charge in [0, 0.05) is 41.2 Å². The van der Waals surface area contributed by atoms with E-state index in [-0.39, 0.29) is 30.2 Å². The highest BCUT2D eigenvalue weighted by atomic mass is 35.5. The number of aromatic nitrogens is 1. The van der Waals surface area contributed by atoms with Crippen LogP contribution >= 0.6 is 12.4 Å². The molecule has 1 amide bonds. The second-order valence-corrected chi connectivity index (χ2v) is 5.79. The second kappa shape index (κ2) is 8.09. The van der Waals surface area contributed by atoms with E-state index in [1.54, 1.807) is 0 Å². The number of aromatic amines is 1. The van der Waals surface area contributed by atoms with Gasteiger partial charge in [-0.25, -0.2) is 0 Å². The maximum atomic E-state index is 12.5. The molecular weight excluding hydrogens is 348 g/mol. The number of pyridine rings is 1. The minimum atomic E-state index is -0.550. The van der Waals surface area contributed by atoms with E-state index in [4.69, 9.17) is 5.73 Å². The third kappa shape index (κ3) is 4.55. The second-order valence-electron chi connectivity index (χ2n) is 5.79. The quantitative estimate of drug-likeness (QED) is 0.530. The first-order valence-electron chi connectivity index (χ1n) is 7.68. The molecule has 0 radical (unpaired) electrons. The van der Waals surface area contributed by atoms with E-state index in [9.17, 15) is 19.7 Å². The predicted octanol–water partition coefficient (Wildman–Crippen LogP) is 2.11. The van der Waals surface area contributed by atoms with E-state index in [2.05, 4.69) is 10.3 Å². The minimum absolute atomic E-state index is 0. The Hall–Kier alpha value is -2.45. The number of nitrogens with zero attached hydrogens (tertiary/aromatic N) is 1. The van der Waals surface area contributed by atoms with E-state index in [0.29, 0.717) is 23.7 Å². The number of rotatable bonds is 6. The van der Waals surface area contributed by atoms with Crippen molar-refractivity contribution in [2.45, 2.75) is 32.2 Å². The number of nitro groups is 1. The van der Waals surface area contributed by atoms with Crippen molar-refractivity contribution in [1.82, 2.24) is 10.3 Å². The van der Waals surface area contributed by atoms with Crippen LogP contribution in [0.2, 0.25) is 0 Å². The molecule has 2 rings (SSSR count). The van der Waals surface area contributed by atoms with Gasteiger partial charge in [-0.15, -0.1) is 12.4 Å². The van der Waals surface area contributed by atoms with Gasteiger partial charge in [-0.05, 0) is 18.9 Å². The van der Waals surface area contributed by atoms with E-state index < -0.39 is 21.9 Å². The molecule has 0 aliphatic carbocycles. The van der Waals surface area contributed by atoms with Gasteiger partial charge in [0.1, 0.15) is 0 Å². The summed E-state index contributed by atoms with van der Waals surface area (Å²) in [5, 5.41) is 14.0. The Bertz CT molecular complexity index is 846. The molecule has 0 spiro atoms. The van der Waals surface area contributed by atoms with Crippen LogP contribution in [-0.4, -0.2) is 27.9 Å². The fourth-order valence-corrected chi connectivity index (χ4v) is 2.39. The molecule has 0 unspecified atom stereocenters. The summed E-state index contributed by atoms with van der Waals surface area (Å²) in [6.45, 7) is 4.12. The molecule has 0 aliphatic rings. The zero-order valence-corrected chi connectivity index (χ0v) is 14.8. The Morgan fingerprint density at radius 1 is 1.32 bits per heavy atom. The van der Waals surface area contributed by atoms with Crippen molar-refractivity contribution >= 4 is 34.9 Å². The number of amides is 1. The molecule has 0 fully saturated rings. The number of benzene rings is 1. The van der Waals surface area contributed by atoms with Crippen LogP contribution in [0.15, 0.2) is 29.1 Å². The van der Waals surface area contributed by atoms with Gasteiger partial charge >= 0.3 is 0 Å². The molecule has 8 nitrogen and oxygen atoms in total. The lowest BCUT2D eigenvalue weighted by atomic mass is 9.94. The molecule has 2 aromatic rings. The normalized spacial score (nSPS) is 11.0. The fourth-order valence-electron chi connectivity index (χ4n) is 2.39. The molecule has 136 valence electrons. The Morgan fingerprint density at radius 2 is 1.96 bits per heavy atom. The van der Waals surface area contributed by atoms with Crippen LogP contribution < -0.4 is 16.6 Å². The fraction of sp³-hybridized carbons (Fsp3) is 0.375. The number of H-pyrrole nitrogens is 1. The number of carbonyl (C=O) groups excluding carboxylic acids is 1. The number of nitrogens with one attached hydrogen (secondary N) is 2. The van der Waals surface area contributed by atoms with Gasteiger partial charge in [0.15, 0.2) is 0 Å². The number of fused-ring (bicyclic) bond motifs is 1. The Kier molecular flexibility index (Phi) is 6.66. The zero-order valence-electron chi connectivity index (χ0n) is 14.0. The van der Waals surface area contributed by atoms with Gasteiger partial charge < -0.3 is 16.0 Å². The van der Waals surface area contributed by atoms with Crippen molar-refractivity contribution in [3.05, 3.63) is 50.3 Å². The van der Waals surface area contributed by atoms with Crippen molar-refractivity contribution in [3.8, 4) is 0 Å². The van der Waals surface area contributed by atoms with Crippen molar-refractivity contribution in [3.63, 3.8) is 0 Å². The van der Waals surface area contributed by atoms with Gasteiger partial charge in [-0.2, -0.15) is 0 Å². The summed E-state index contributed by atoms with van der Waals surface area (Å²) >= 11 is 0. The zero-order chi connectivity index (χ0) is 17.9. The monoisotopic (exact) mass is 368 g/mol. The highest BCUT2D eigenvalue weighted by Gasteiger charge is 2.22. The maximum absolute atomic E-state index is 12.5. The number of halogens is 1. The van der Waals surface area contributed by atoms with Gasteiger partial charge in [0.05, 0.1) is 10.5 Å². The number of non-ortho nitro benzene ring substituents is 1. The summed E-state index contributed by atoms with van der Waals surface area (Å²) in [6.07, 6.45) is 1.37. The number of hydrogen-bond acceptors (Lipinski definition) is 5. The largest absolute Gasteiger partial charge is 0.350 e. The van der Waals surface area contributed by atoms with E-state index >= 15 is 0 Å². The molecule has 0 bridgehead atoms. The van der Waals surface area contributed by atoms with Crippen molar-refractivity contribution in [1.29, 1.82) is 0 Å². The van der Waals surface area contributed by atoms with E-state index in [1.807, 2.05) is 13.8 Å². The lowest BCUT2D eigenvalue weighted by molar-refractivity contribution is -0.384. The average molecular weight is 369 g/mol. The number of nitro benzene ring substituents is 1. The molecule has 1 aromatic carbocycles. The predicted molar refractivity (Wildman–Crippen MR) is 98.3 cm³/mol. The van der Waals surface area contributed by atoms with E-state index in [0.717, 1.165) is 6.07 Å². The first kappa shape index (κ1) is 20.6. The maximum Gasteiger partial charge on any atom is 0.270 e. The molecule has 0 atom stereocenters. The smallest absolute Gasteiger partial charge is 0.270 e. The van der Waals surface area contributed by atoms with Gasteiger partial charge in [-0.3, -0.25) is 19.7 Å². The Labute approximate surface area is 150 Å². The summed E-state index contributed by atoms with van der Waals surface area (Å²) in [5.74, 6) is -0.483. The Morgan fingerprint density at radius 3 is 2.52 bits per heavy atom.